The highest BCUT2D eigenvalue weighted by Gasteiger charge is 2.59. The van der Waals surface area contributed by atoms with Crippen molar-refractivity contribution in [1.82, 2.24) is 0 Å². The maximum absolute atomic E-state index is 11.4. The first-order chi connectivity index (χ1) is 10.5. The van der Waals surface area contributed by atoms with E-state index in [2.05, 4.69) is 0 Å². The fourth-order valence-corrected chi connectivity index (χ4v) is 2.19. The summed E-state index contributed by atoms with van der Waals surface area (Å²) >= 11 is 0. The molecule has 0 aliphatic rings. The molecule has 0 heterocycles. The van der Waals surface area contributed by atoms with E-state index >= 15 is 0 Å². The van der Waals surface area contributed by atoms with Crippen molar-refractivity contribution in [1.29, 1.82) is 0 Å². The molecule has 3 unspecified atom stereocenters. The average Bonchev–Trinajstić information content (AvgIpc) is 2.36. The second kappa shape index (κ2) is 6.63. The molecule has 0 aromatic heterocycles. The second-order valence-electron chi connectivity index (χ2n) is 5.04. The first-order valence-electron chi connectivity index (χ1n) is 6.37. The monoisotopic (exact) mass is 328 g/mol. The molecule has 0 aliphatic heterocycles. The molecule has 0 aliphatic carbocycles. The van der Waals surface area contributed by atoms with E-state index in [-0.39, 0.29) is 5.75 Å². The molecular formula is C14H16O9. The normalized spacial score (nSPS) is 17.3. The van der Waals surface area contributed by atoms with Gasteiger partial charge in [-0.2, -0.15) is 0 Å². The van der Waals surface area contributed by atoms with Gasteiger partial charge in [0.25, 0.3) is 0 Å². The van der Waals surface area contributed by atoms with Crippen LogP contribution in [0.2, 0.25) is 0 Å². The molecule has 126 valence electrons. The van der Waals surface area contributed by atoms with Crippen LogP contribution in [0.25, 0.3) is 0 Å². The number of hydrogen-bond acceptors (Lipinski definition) is 6. The lowest BCUT2D eigenvalue weighted by molar-refractivity contribution is -0.230. The molecule has 0 fully saturated rings. The molecule has 0 radical (unpaired) electrons. The molecule has 0 spiro atoms. The number of aliphatic carboxylic acids is 3. The van der Waals surface area contributed by atoms with E-state index in [1.54, 1.807) is 6.07 Å². The topological polar surface area (TPSA) is 162 Å². The zero-order valence-electron chi connectivity index (χ0n) is 12.0. The Morgan fingerprint density at radius 2 is 1.61 bits per heavy atom. The van der Waals surface area contributed by atoms with Crippen molar-refractivity contribution in [2.24, 2.45) is 5.92 Å². The van der Waals surface area contributed by atoms with Crippen molar-refractivity contribution in [3.05, 3.63) is 30.3 Å². The maximum atomic E-state index is 11.4. The number of carboxylic acid groups (broad SMARTS) is 3. The molecule has 1 aromatic rings. The summed E-state index contributed by atoms with van der Waals surface area (Å²) in [5.41, 5.74) is -3.28. The van der Waals surface area contributed by atoms with E-state index in [1.165, 1.54) is 24.3 Å². The minimum atomic E-state index is -3.28. The van der Waals surface area contributed by atoms with Gasteiger partial charge in [-0.25, -0.2) is 4.79 Å². The third kappa shape index (κ3) is 4.18. The second-order valence-corrected chi connectivity index (χ2v) is 5.04. The van der Waals surface area contributed by atoms with Gasteiger partial charge >= 0.3 is 17.9 Å². The summed E-state index contributed by atoms with van der Waals surface area (Å²) in [4.78, 5) is 33.5. The summed E-state index contributed by atoms with van der Waals surface area (Å²) in [7, 11) is 0. The molecule has 23 heavy (non-hydrogen) atoms. The highest BCUT2D eigenvalue weighted by molar-refractivity contribution is 5.90. The van der Waals surface area contributed by atoms with Crippen LogP contribution in [0, 0.1) is 5.92 Å². The van der Waals surface area contributed by atoms with Gasteiger partial charge in [-0.1, -0.05) is 18.2 Å². The van der Waals surface area contributed by atoms with Crippen LogP contribution in [-0.2, 0) is 14.4 Å². The van der Waals surface area contributed by atoms with Gasteiger partial charge in [0.1, 0.15) is 5.75 Å². The van der Waals surface area contributed by atoms with Gasteiger partial charge in [0, 0.05) is 6.92 Å². The Morgan fingerprint density at radius 3 is 2.00 bits per heavy atom. The molecule has 0 saturated heterocycles. The highest BCUT2D eigenvalue weighted by atomic mass is 16.6. The van der Waals surface area contributed by atoms with Crippen LogP contribution in [0.4, 0.5) is 0 Å². The Labute approximate surface area is 130 Å². The van der Waals surface area contributed by atoms with E-state index in [0.717, 1.165) is 6.92 Å². The standard InChI is InChI=1S/C14H16O9/c1-13(21,23-8-5-3-2-4-6-8)10(11(17)18)14(22,12(19)20)7-9(15)16/h2-6,10,21-22H,7H2,1H3,(H,15,16)(H,17,18)(H,19,20). The molecule has 5 N–H and O–H groups in total. The fourth-order valence-electron chi connectivity index (χ4n) is 2.19. The number of para-hydroxylation sites is 1. The van der Waals surface area contributed by atoms with Crippen LogP contribution in [0.15, 0.2) is 30.3 Å². The van der Waals surface area contributed by atoms with Crippen molar-refractivity contribution < 1.29 is 44.7 Å². The number of hydrogen-bond donors (Lipinski definition) is 5. The third-order valence-electron chi connectivity index (χ3n) is 3.12. The lowest BCUT2D eigenvalue weighted by atomic mass is 9.79. The predicted molar refractivity (Wildman–Crippen MR) is 73.7 cm³/mol. The zero-order valence-corrected chi connectivity index (χ0v) is 12.0. The summed E-state index contributed by atoms with van der Waals surface area (Å²) in [5, 5.41) is 47.4. The number of carbonyl (C=O) groups is 3. The van der Waals surface area contributed by atoms with Gasteiger partial charge in [0.05, 0.1) is 6.42 Å². The van der Waals surface area contributed by atoms with Crippen LogP contribution in [0.1, 0.15) is 13.3 Å². The van der Waals surface area contributed by atoms with Gasteiger partial charge in [-0.15, -0.1) is 0 Å². The number of rotatable bonds is 8. The summed E-state index contributed by atoms with van der Waals surface area (Å²) < 4.78 is 5.06. The van der Waals surface area contributed by atoms with Crippen LogP contribution in [0.3, 0.4) is 0 Å². The Hall–Kier alpha value is -2.65. The van der Waals surface area contributed by atoms with E-state index in [0.29, 0.717) is 0 Å². The number of benzene rings is 1. The molecule has 0 bridgehead atoms. The SMILES string of the molecule is CC(O)(Oc1ccccc1)C(C(=O)O)C(O)(CC(=O)O)C(=O)O. The van der Waals surface area contributed by atoms with Crippen LogP contribution >= 0.6 is 0 Å². The van der Waals surface area contributed by atoms with E-state index in [9.17, 15) is 29.7 Å². The molecule has 1 rings (SSSR count). The van der Waals surface area contributed by atoms with E-state index in [4.69, 9.17) is 14.9 Å². The molecule has 9 nitrogen and oxygen atoms in total. The van der Waals surface area contributed by atoms with Crippen molar-refractivity contribution >= 4 is 17.9 Å². The maximum Gasteiger partial charge on any atom is 0.337 e. The number of carboxylic acids is 3. The minimum Gasteiger partial charge on any atom is -0.481 e. The fraction of sp³-hybridized carbons (Fsp3) is 0.357. The van der Waals surface area contributed by atoms with E-state index in [1.807, 2.05) is 0 Å². The summed E-state index contributed by atoms with van der Waals surface area (Å²) in [5.74, 6) is -11.0. The predicted octanol–water partition coefficient (Wildman–Crippen LogP) is -0.235. The largest absolute Gasteiger partial charge is 0.481 e. The van der Waals surface area contributed by atoms with Crippen molar-refractivity contribution in [3.63, 3.8) is 0 Å². The first kappa shape index (κ1) is 18.4. The third-order valence-corrected chi connectivity index (χ3v) is 3.12. The van der Waals surface area contributed by atoms with Crippen molar-refractivity contribution in [2.45, 2.75) is 24.7 Å². The van der Waals surface area contributed by atoms with Crippen LogP contribution in [0.5, 0.6) is 5.75 Å². The van der Waals surface area contributed by atoms with Crippen LogP contribution < -0.4 is 4.74 Å². The number of aliphatic hydroxyl groups is 2. The summed E-state index contributed by atoms with van der Waals surface area (Å²) in [6.45, 7) is 0.828. The Kier molecular flexibility index (Phi) is 5.30. The Balaban J connectivity index is 3.29. The summed E-state index contributed by atoms with van der Waals surface area (Å²) in [6, 6.07) is 7.38. The van der Waals surface area contributed by atoms with Gasteiger partial charge in [0.15, 0.2) is 11.5 Å². The number of ether oxygens (including phenoxy) is 1. The Morgan fingerprint density at radius 1 is 1.09 bits per heavy atom. The lowest BCUT2D eigenvalue weighted by Crippen LogP contribution is -2.61. The average molecular weight is 328 g/mol. The van der Waals surface area contributed by atoms with Gasteiger partial charge in [-0.05, 0) is 12.1 Å². The summed E-state index contributed by atoms with van der Waals surface area (Å²) in [6.07, 6.45) is -1.44. The molecule has 9 heteroatoms. The Bertz CT molecular complexity index is 596. The minimum absolute atomic E-state index is 0.00631. The van der Waals surface area contributed by atoms with Gasteiger partial charge in [0.2, 0.25) is 5.79 Å². The van der Waals surface area contributed by atoms with Crippen molar-refractivity contribution in [3.8, 4) is 5.75 Å². The smallest absolute Gasteiger partial charge is 0.337 e. The molecule has 1 aromatic carbocycles. The molecular weight excluding hydrogens is 312 g/mol. The molecule has 0 saturated carbocycles. The van der Waals surface area contributed by atoms with Crippen molar-refractivity contribution in [2.75, 3.05) is 0 Å². The lowest BCUT2D eigenvalue weighted by Gasteiger charge is -2.37. The quantitative estimate of drug-likeness (QED) is 0.405. The molecule has 0 amide bonds. The van der Waals surface area contributed by atoms with Gasteiger partial charge in [-0.3, -0.25) is 9.59 Å². The zero-order chi connectivity index (χ0) is 17.8. The highest BCUT2D eigenvalue weighted by Crippen LogP contribution is 2.34. The van der Waals surface area contributed by atoms with E-state index < -0.39 is 41.6 Å². The molecule has 3 atom stereocenters. The first-order valence-corrected chi connectivity index (χ1v) is 6.37. The van der Waals surface area contributed by atoms with Gasteiger partial charge < -0.3 is 30.3 Å². The van der Waals surface area contributed by atoms with Crippen LogP contribution in [-0.4, -0.2) is 54.8 Å².